The lowest BCUT2D eigenvalue weighted by molar-refractivity contribution is -0.0817. The van der Waals surface area contributed by atoms with Crippen molar-refractivity contribution >= 4 is 18.2 Å². The summed E-state index contributed by atoms with van der Waals surface area (Å²) in [6.45, 7) is 16.9. The fourth-order valence-electron chi connectivity index (χ4n) is 3.84. The standard InChI is InChI=1S/C33H38O3/c1-5-27-9-15-30(16-10-27)21-34-24-33(8-4,25-35-22-31-17-11-28(6-2)12-18-31)26-36-23-32-19-13-29(7-3)14-20-32/h5-7,9-20H,1-3,8,21-26H2,4H3. The van der Waals surface area contributed by atoms with Crippen LogP contribution in [0, 0.1) is 5.41 Å². The Morgan fingerprint density at radius 1 is 0.528 bits per heavy atom. The van der Waals surface area contributed by atoms with Crippen LogP contribution >= 0.6 is 0 Å². The Labute approximate surface area is 216 Å². The van der Waals surface area contributed by atoms with Crippen molar-refractivity contribution in [3.63, 3.8) is 0 Å². The second kappa shape index (κ2) is 14.4. The van der Waals surface area contributed by atoms with E-state index in [1.54, 1.807) is 0 Å². The molecule has 0 spiro atoms. The maximum atomic E-state index is 6.21. The van der Waals surface area contributed by atoms with E-state index in [2.05, 4.69) is 99.5 Å². The second-order valence-corrected chi connectivity index (χ2v) is 9.17. The van der Waals surface area contributed by atoms with Crippen molar-refractivity contribution in [3.8, 4) is 0 Å². The summed E-state index contributed by atoms with van der Waals surface area (Å²) in [6, 6.07) is 24.8. The molecule has 0 fully saturated rings. The highest BCUT2D eigenvalue weighted by Crippen LogP contribution is 2.26. The van der Waals surface area contributed by atoms with E-state index in [1.807, 2.05) is 18.2 Å². The van der Waals surface area contributed by atoms with E-state index in [1.165, 1.54) is 0 Å². The molecular weight excluding hydrogens is 444 g/mol. The fourth-order valence-corrected chi connectivity index (χ4v) is 3.84. The summed E-state index contributed by atoms with van der Waals surface area (Å²) < 4.78 is 18.6. The molecule has 0 N–H and O–H groups in total. The molecule has 0 atom stereocenters. The summed E-state index contributed by atoms with van der Waals surface area (Å²) in [5.74, 6) is 0. The van der Waals surface area contributed by atoms with Gasteiger partial charge >= 0.3 is 0 Å². The number of hydrogen-bond donors (Lipinski definition) is 0. The lowest BCUT2D eigenvalue weighted by Crippen LogP contribution is -2.36. The second-order valence-electron chi connectivity index (χ2n) is 9.17. The molecule has 0 heterocycles. The number of ether oxygens (including phenoxy) is 3. The Kier molecular flexibility index (Phi) is 10.9. The average molecular weight is 483 g/mol. The van der Waals surface area contributed by atoms with E-state index in [9.17, 15) is 0 Å². The number of rotatable bonds is 16. The van der Waals surface area contributed by atoms with Gasteiger partial charge in [-0.05, 0) is 39.8 Å². The Morgan fingerprint density at radius 2 is 0.806 bits per heavy atom. The molecule has 3 heteroatoms. The summed E-state index contributed by atoms with van der Waals surface area (Å²) >= 11 is 0. The highest BCUT2D eigenvalue weighted by Gasteiger charge is 2.30. The zero-order valence-corrected chi connectivity index (χ0v) is 21.5. The maximum Gasteiger partial charge on any atom is 0.0717 e. The van der Waals surface area contributed by atoms with Crippen molar-refractivity contribution in [1.29, 1.82) is 0 Å². The molecular formula is C33H38O3. The van der Waals surface area contributed by atoms with Crippen LogP contribution in [0.5, 0.6) is 0 Å². The smallest absolute Gasteiger partial charge is 0.0717 e. The Morgan fingerprint density at radius 3 is 1.03 bits per heavy atom. The first-order chi connectivity index (χ1) is 17.6. The van der Waals surface area contributed by atoms with Gasteiger partial charge in [0.05, 0.1) is 39.6 Å². The van der Waals surface area contributed by atoms with Crippen molar-refractivity contribution in [2.24, 2.45) is 5.41 Å². The molecule has 0 saturated heterocycles. The summed E-state index contributed by atoms with van der Waals surface area (Å²) in [5, 5.41) is 0. The van der Waals surface area contributed by atoms with Gasteiger partial charge in [-0.1, -0.05) is 118 Å². The third kappa shape index (κ3) is 8.46. The zero-order valence-electron chi connectivity index (χ0n) is 21.5. The molecule has 0 saturated carbocycles. The first-order valence-corrected chi connectivity index (χ1v) is 12.5. The molecule has 0 aliphatic carbocycles. The van der Waals surface area contributed by atoms with Crippen LogP contribution in [0.2, 0.25) is 0 Å². The minimum absolute atomic E-state index is 0.247. The van der Waals surface area contributed by atoms with Crippen LogP contribution in [-0.4, -0.2) is 19.8 Å². The lowest BCUT2D eigenvalue weighted by Gasteiger charge is -2.32. The topological polar surface area (TPSA) is 27.7 Å². The molecule has 0 aliphatic rings. The molecule has 3 rings (SSSR count). The van der Waals surface area contributed by atoms with Gasteiger partial charge in [0.2, 0.25) is 0 Å². The quantitative estimate of drug-likeness (QED) is 0.207. The van der Waals surface area contributed by atoms with Crippen LogP contribution in [-0.2, 0) is 34.0 Å². The Balaban J connectivity index is 1.60. The van der Waals surface area contributed by atoms with Gasteiger partial charge in [-0.15, -0.1) is 0 Å². The molecule has 36 heavy (non-hydrogen) atoms. The first kappa shape index (κ1) is 27.3. The van der Waals surface area contributed by atoms with Crippen molar-refractivity contribution in [2.75, 3.05) is 19.8 Å². The molecule has 0 aromatic heterocycles. The molecule has 0 amide bonds. The normalized spacial score (nSPS) is 11.2. The van der Waals surface area contributed by atoms with Crippen molar-refractivity contribution < 1.29 is 14.2 Å². The van der Waals surface area contributed by atoms with Gasteiger partial charge in [-0.2, -0.15) is 0 Å². The minimum Gasteiger partial charge on any atom is -0.376 e. The van der Waals surface area contributed by atoms with E-state index in [4.69, 9.17) is 14.2 Å². The largest absolute Gasteiger partial charge is 0.376 e. The van der Waals surface area contributed by atoms with Crippen molar-refractivity contribution in [2.45, 2.75) is 33.2 Å². The Bertz CT molecular complexity index is 940. The van der Waals surface area contributed by atoms with Crippen LogP contribution in [0.15, 0.2) is 92.5 Å². The summed E-state index contributed by atoms with van der Waals surface area (Å²) in [4.78, 5) is 0. The van der Waals surface area contributed by atoms with Crippen molar-refractivity contribution in [3.05, 3.63) is 126 Å². The van der Waals surface area contributed by atoms with Gasteiger partial charge in [-0.3, -0.25) is 0 Å². The van der Waals surface area contributed by atoms with E-state index >= 15 is 0 Å². The van der Waals surface area contributed by atoms with Gasteiger partial charge < -0.3 is 14.2 Å². The Hall–Kier alpha value is -3.24. The molecule has 3 aromatic rings. The summed E-state index contributed by atoms with van der Waals surface area (Å²) in [7, 11) is 0. The van der Waals surface area contributed by atoms with Gasteiger partial charge in [-0.25, -0.2) is 0 Å². The van der Waals surface area contributed by atoms with Crippen molar-refractivity contribution in [1.82, 2.24) is 0 Å². The summed E-state index contributed by atoms with van der Waals surface area (Å²) in [5.41, 5.74) is 6.47. The molecule has 3 nitrogen and oxygen atoms in total. The fraction of sp³-hybridized carbons (Fsp3) is 0.273. The third-order valence-corrected chi connectivity index (χ3v) is 6.43. The van der Waals surface area contributed by atoms with E-state index in [0.717, 1.165) is 39.8 Å². The van der Waals surface area contributed by atoms with E-state index in [0.29, 0.717) is 39.6 Å². The van der Waals surface area contributed by atoms with Crippen LogP contribution < -0.4 is 0 Å². The summed E-state index contributed by atoms with van der Waals surface area (Å²) in [6.07, 6.45) is 6.42. The maximum absolute atomic E-state index is 6.21. The predicted octanol–water partition coefficient (Wildman–Crippen LogP) is 7.96. The first-order valence-electron chi connectivity index (χ1n) is 12.5. The minimum atomic E-state index is -0.247. The molecule has 0 radical (unpaired) electrons. The van der Waals surface area contributed by atoms with Crippen LogP contribution in [0.4, 0.5) is 0 Å². The molecule has 0 bridgehead atoms. The molecule has 0 unspecified atom stereocenters. The molecule has 188 valence electrons. The van der Waals surface area contributed by atoms with E-state index < -0.39 is 0 Å². The van der Waals surface area contributed by atoms with Gasteiger partial charge in [0.15, 0.2) is 0 Å². The highest BCUT2D eigenvalue weighted by molar-refractivity contribution is 5.48. The molecule has 3 aromatic carbocycles. The predicted molar refractivity (Wildman–Crippen MR) is 151 cm³/mol. The third-order valence-electron chi connectivity index (χ3n) is 6.43. The van der Waals surface area contributed by atoms with Gasteiger partial charge in [0.25, 0.3) is 0 Å². The van der Waals surface area contributed by atoms with E-state index in [-0.39, 0.29) is 5.41 Å². The van der Waals surface area contributed by atoms with Gasteiger partial charge in [0, 0.05) is 5.41 Å². The van der Waals surface area contributed by atoms with Crippen LogP contribution in [0.25, 0.3) is 18.2 Å². The van der Waals surface area contributed by atoms with Crippen LogP contribution in [0.1, 0.15) is 46.7 Å². The van der Waals surface area contributed by atoms with Gasteiger partial charge in [0.1, 0.15) is 0 Å². The number of hydrogen-bond acceptors (Lipinski definition) is 3. The SMILES string of the molecule is C=Cc1ccc(COCC(CC)(COCc2ccc(C=C)cc2)COCc2ccc(C=C)cc2)cc1. The monoisotopic (exact) mass is 482 g/mol. The zero-order chi connectivity index (χ0) is 25.6. The number of benzene rings is 3. The lowest BCUT2D eigenvalue weighted by atomic mass is 9.88. The average Bonchev–Trinajstić information content (AvgIpc) is 2.94. The molecule has 0 aliphatic heterocycles. The van der Waals surface area contributed by atoms with Crippen LogP contribution in [0.3, 0.4) is 0 Å². The highest BCUT2D eigenvalue weighted by atomic mass is 16.5.